The van der Waals surface area contributed by atoms with Crippen molar-refractivity contribution >= 4 is 23.3 Å². The minimum absolute atomic E-state index is 0.124. The molecular formula is C15H17F3N2O5. The Labute approximate surface area is 141 Å². The molecule has 138 valence electrons. The number of carboxylic acids is 1. The van der Waals surface area contributed by atoms with E-state index in [0.717, 1.165) is 12.1 Å². The van der Waals surface area contributed by atoms with Gasteiger partial charge in [-0.1, -0.05) is 13.8 Å². The van der Waals surface area contributed by atoms with Crippen LogP contribution in [0.5, 0.6) is 0 Å². The largest absolute Gasteiger partial charge is 0.481 e. The highest BCUT2D eigenvalue weighted by Gasteiger charge is 2.39. The summed E-state index contributed by atoms with van der Waals surface area (Å²) in [6.45, 7) is 3.13. The van der Waals surface area contributed by atoms with Gasteiger partial charge in [0.25, 0.3) is 5.69 Å². The van der Waals surface area contributed by atoms with Gasteiger partial charge in [-0.15, -0.1) is 0 Å². The molecule has 0 aliphatic carbocycles. The van der Waals surface area contributed by atoms with Crippen LogP contribution >= 0.6 is 0 Å². The maximum absolute atomic E-state index is 13.1. The lowest BCUT2D eigenvalue weighted by Gasteiger charge is -2.26. The second kappa shape index (κ2) is 7.49. The highest BCUT2D eigenvalue weighted by atomic mass is 19.4. The molecule has 0 aliphatic rings. The van der Waals surface area contributed by atoms with Crippen LogP contribution in [-0.4, -0.2) is 21.9 Å². The molecule has 0 bridgehead atoms. The summed E-state index contributed by atoms with van der Waals surface area (Å²) < 4.78 is 39.2. The number of non-ortho nitro benzene ring substituents is 1. The predicted octanol–water partition coefficient (Wildman–Crippen LogP) is 3.83. The number of anilines is 1. The number of nitrogens with one attached hydrogen (secondary N) is 1. The molecule has 0 fully saturated rings. The van der Waals surface area contributed by atoms with Crippen LogP contribution in [0, 0.1) is 15.5 Å². The Kier molecular flexibility index (Phi) is 6.11. The van der Waals surface area contributed by atoms with E-state index in [2.05, 4.69) is 0 Å². The van der Waals surface area contributed by atoms with Crippen LogP contribution < -0.4 is 5.32 Å². The molecule has 0 aromatic heterocycles. The molecule has 0 saturated carbocycles. The molecule has 2 N–H and O–H groups in total. The van der Waals surface area contributed by atoms with Crippen molar-refractivity contribution in [2.75, 3.05) is 5.32 Å². The lowest BCUT2D eigenvalue weighted by molar-refractivity contribution is -0.385. The van der Waals surface area contributed by atoms with E-state index < -0.39 is 51.8 Å². The van der Waals surface area contributed by atoms with E-state index in [1.807, 2.05) is 5.32 Å². The number of amides is 1. The summed E-state index contributed by atoms with van der Waals surface area (Å²) >= 11 is 0. The van der Waals surface area contributed by atoms with Gasteiger partial charge in [-0.3, -0.25) is 19.7 Å². The number of hydrogen-bond donors (Lipinski definition) is 2. The van der Waals surface area contributed by atoms with Crippen LogP contribution in [0.2, 0.25) is 0 Å². The van der Waals surface area contributed by atoms with Crippen molar-refractivity contribution < 1.29 is 32.8 Å². The predicted molar refractivity (Wildman–Crippen MR) is 82.0 cm³/mol. The van der Waals surface area contributed by atoms with Crippen molar-refractivity contribution in [2.45, 2.75) is 39.3 Å². The number of nitrogens with zero attached hydrogens (tertiary/aromatic N) is 1. The average molecular weight is 362 g/mol. The van der Waals surface area contributed by atoms with Gasteiger partial charge in [0.2, 0.25) is 5.91 Å². The van der Waals surface area contributed by atoms with Gasteiger partial charge in [0.15, 0.2) is 0 Å². The number of carboxylic acid groups (broad SMARTS) is 1. The minimum Gasteiger partial charge on any atom is -0.481 e. The van der Waals surface area contributed by atoms with Gasteiger partial charge in [0, 0.05) is 18.6 Å². The summed E-state index contributed by atoms with van der Waals surface area (Å²) in [5.74, 6) is -2.13. The first-order valence-electron chi connectivity index (χ1n) is 7.35. The van der Waals surface area contributed by atoms with Crippen molar-refractivity contribution in [3.05, 3.63) is 33.9 Å². The lowest BCUT2D eigenvalue weighted by atomic mass is 9.79. The molecule has 1 aromatic carbocycles. The van der Waals surface area contributed by atoms with Crippen molar-refractivity contribution in [1.82, 2.24) is 0 Å². The zero-order chi connectivity index (χ0) is 19.4. The molecule has 0 aliphatic heterocycles. The van der Waals surface area contributed by atoms with E-state index in [1.165, 1.54) is 0 Å². The number of nitro benzene ring substituents is 1. The number of carbonyl (C=O) groups is 2. The summed E-state index contributed by atoms with van der Waals surface area (Å²) in [6.07, 6.45) is -5.19. The van der Waals surface area contributed by atoms with Crippen LogP contribution in [0.4, 0.5) is 24.5 Å². The third-order valence-corrected chi connectivity index (χ3v) is 4.10. The number of carbonyl (C=O) groups excluding carboxylic acids is 1. The fourth-order valence-corrected chi connectivity index (χ4v) is 2.37. The third-order valence-electron chi connectivity index (χ3n) is 4.10. The van der Waals surface area contributed by atoms with Gasteiger partial charge >= 0.3 is 12.1 Å². The average Bonchev–Trinajstić information content (AvgIpc) is 2.51. The normalized spacial score (nSPS) is 11.9. The summed E-state index contributed by atoms with van der Waals surface area (Å²) in [4.78, 5) is 33.1. The summed E-state index contributed by atoms with van der Waals surface area (Å²) in [5.41, 5.74) is -4.19. The lowest BCUT2D eigenvalue weighted by Crippen LogP contribution is -2.34. The summed E-state index contributed by atoms with van der Waals surface area (Å²) in [5, 5.41) is 21.9. The Morgan fingerprint density at radius 1 is 1.24 bits per heavy atom. The topological polar surface area (TPSA) is 110 Å². The standard InChI is InChI=1S/C15H17F3N2O5/c1-3-14(4-2,13(22)23)8-12(21)19-11-6-5-9(20(24)25)7-10(11)15(16,17)18/h5-7H,3-4,8H2,1-2H3,(H,19,21)(H,22,23). The molecule has 0 saturated heterocycles. The van der Waals surface area contributed by atoms with Gasteiger partial charge in [-0.2, -0.15) is 13.2 Å². The van der Waals surface area contributed by atoms with Gasteiger partial charge < -0.3 is 10.4 Å². The van der Waals surface area contributed by atoms with E-state index in [-0.39, 0.29) is 12.8 Å². The summed E-state index contributed by atoms with van der Waals surface area (Å²) in [7, 11) is 0. The molecule has 1 rings (SSSR count). The first kappa shape index (κ1) is 20.4. The summed E-state index contributed by atoms with van der Waals surface area (Å²) in [6, 6.07) is 1.92. The van der Waals surface area contributed by atoms with Crippen LogP contribution in [0.15, 0.2) is 18.2 Å². The van der Waals surface area contributed by atoms with Crippen LogP contribution in [0.1, 0.15) is 38.7 Å². The van der Waals surface area contributed by atoms with Crippen molar-refractivity contribution in [3.63, 3.8) is 0 Å². The molecule has 0 heterocycles. The zero-order valence-electron chi connectivity index (χ0n) is 13.5. The maximum Gasteiger partial charge on any atom is 0.418 e. The van der Waals surface area contributed by atoms with Crippen molar-refractivity contribution in [3.8, 4) is 0 Å². The number of aliphatic carboxylic acids is 1. The number of halogens is 3. The van der Waals surface area contributed by atoms with E-state index in [0.29, 0.717) is 6.07 Å². The monoisotopic (exact) mass is 362 g/mol. The minimum atomic E-state index is -4.92. The van der Waals surface area contributed by atoms with Crippen molar-refractivity contribution in [1.29, 1.82) is 0 Å². The van der Waals surface area contributed by atoms with Crippen molar-refractivity contribution in [2.24, 2.45) is 5.41 Å². The fraction of sp³-hybridized carbons (Fsp3) is 0.467. The molecule has 0 spiro atoms. The van der Waals surface area contributed by atoms with Crippen LogP contribution in [0.3, 0.4) is 0 Å². The number of rotatable bonds is 7. The van der Waals surface area contributed by atoms with E-state index in [9.17, 15) is 38.0 Å². The van der Waals surface area contributed by atoms with E-state index >= 15 is 0 Å². The molecule has 10 heteroatoms. The SMILES string of the molecule is CCC(CC)(CC(=O)Nc1ccc([N+](=O)[O-])cc1C(F)(F)F)C(=O)O. The van der Waals surface area contributed by atoms with Gasteiger partial charge in [-0.25, -0.2) is 0 Å². The number of nitro groups is 1. The van der Waals surface area contributed by atoms with E-state index in [4.69, 9.17) is 0 Å². The van der Waals surface area contributed by atoms with Crippen LogP contribution in [-0.2, 0) is 15.8 Å². The molecule has 7 nitrogen and oxygen atoms in total. The fourth-order valence-electron chi connectivity index (χ4n) is 2.37. The Bertz CT molecular complexity index is 684. The van der Waals surface area contributed by atoms with Gasteiger partial charge in [0.05, 0.1) is 21.6 Å². The Hall–Kier alpha value is -2.65. The molecular weight excluding hydrogens is 345 g/mol. The van der Waals surface area contributed by atoms with Gasteiger partial charge in [-0.05, 0) is 18.9 Å². The highest BCUT2D eigenvalue weighted by Crippen LogP contribution is 2.38. The maximum atomic E-state index is 13.1. The molecule has 25 heavy (non-hydrogen) atoms. The quantitative estimate of drug-likeness (QED) is 0.566. The number of alkyl halides is 3. The second-order valence-electron chi connectivity index (χ2n) is 5.50. The second-order valence-corrected chi connectivity index (χ2v) is 5.50. The molecule has 0 unspecified atom stereocenters. The molecule has 0 atom stereocenters. The Morgan fingerprint density at radius 3 is 2.20 bits per heavy atom. The molecule has 1 amide bonds. The molecule has 1 aromatic rings. The zero-order valence-corrected chi connectivity index (χ0v) is 13.5. The first-order chi connectivity index (χ1) is 11.5. The number of benzene rings is 1. The Balaban J connectivity index is 3.16. The highest BCUT2D eigenvalue weighted by molar-refractivity contribution is 5.95. The Morgan fingerprint density at radius 2 is 1.80 bits per heavy atom. The van der Waals surface area contributed by atoms with Crippen LogP contribution in [0.25, 0.3) is 0 Å². The third kappa shape index (κ3) is 4.68. The van der Waals surface area contributed by atoms with Gasteiger partial charge in [0.1, 0.15) is 0 Å². The van der Waals surface area contributed by atoms with E-state index in [1.54, 1.807) is 13.8 Å². The molecule has 0 radical (unpaired) electrons. The first-order valence-corrected chi connectivity index (χ1v) is 7.35. The smallest absolute Gasteiger partial charge is 0.418 e. The number of hydrogen-bond acceptors (Lipinski definition) is 4.